The fraction of sp³-hybridized carbons (Fsp3) is 0.286. The van der Waals surface area contributed by atoms with Gasteiger partial charge in [0.05, 0.1) is 18.0 Å². The molecular formula is C21H24N4O2. The van der Waals surface area contributed by atoms with E-state index in [0.717, 1.165) is 22.6 Å². The van der Waals surface area contributed by atoms with Crippen LogP contribution in [0.15, 0.2) is 42.5 Å². The van der Waals surface area contributed by atoms with E-state index in [1.807, 2.05) is 57.2 Å². The highest BCUT2D eigenvalue weighted by molar-refractivity contribution is 5.93. The van der Waals surface area contributed by atoms with Crippen molar-refractivity contribution in [3.05, 3.63) is 70.5 Å². The highest BCUT2D eigenvalue weighted by Crippen LogP contribution is 2.16. The van der Waals surface area contributed by atoms with E-state index in [-0.39, 0.29) is 5.91 Å². The third kappa shape index (κ3) is 4.34. The molecule has 1 N–H and O–H groups in total. The Morgan fingerprint density at radius 3 is 2.67 bits per heavy atom. The van der Waals surface area contributed by atoms with Gasteiger partial charge in [-0.1, -0.05) is 29.8 Å². The van der Waals surface area contributed by atoms with E-state index in [2.05, 4.69) is 21.6 Å². The van der Waals surface area contributed by atoms with Gasteiger partial charge in [0.15, 0.2) is 5.69 Å². The lowest BCUT2D eigenvalue weighted by atomic mass is 10.1. The number of aromatic nitrogens is 3. The lowest BCUT2D eigenvalue weighted by Gasteiger charge is -2.07. The van der Waals surface area contributed by atoms with Crippen molar-refractivity contribution < 1.29 is 9.53 Å². The third-order valence-corrected chi connectivity index (χ3v) is 4.23. The van der Waals surface area contributed by atoms with E-state index in [4.69, 9.17) is 4.74 Å². The normalized spacial score (nSPS) is 10.7. The maximum atomic E-state index is 12.6. The molecule has 0 aliphatic rings. The van der Waals surface area contributed by atoms with Crippen LogP contribution in [0.1, 0.15) is 39.8 Å². The van der Waals surface area contributed by atoms with Crippen LogP contribution < -0.4 is 10.1 Å². The summed E-state index contributed by atoms with van der Waals surface area (Å²) in [6, 6.07) is 13.7. The maximum absolute atomic E-state index is 12.6. The summed E-state index contributed by atoms with van der Waals surface area (Å²) in [5, 5.41) is 11.7. The SMILES string of the molecule is CCOc1cccc(CNC(=O)c2nn(-c3ccc(C)cc3C)nc2C)c1. The van der Waals surface area contributed by atoms with Crippen molar-refractivity contribution in [3.8, 4) is 11.4 Å². The molecule has 0 saturated heterocycles. The molecule has 3 aromatic rings. The smallest absolute Gasteiger partial charge is 0.274 e. The number of carbonyl (C=O) groups is 1. The Balaban J connectivity index is 1.74. The van der Waals surface area contributed by atoms with Crippen LogP contribution in [-0.4, -0.2) is 27.5 Å². The van der Waals surface area contributed by atoms with Crippen LogP contribution >= 0.6 is 0 Å². The monoisotopic (exact) mass is 364 g/mol. The van der Waals surface area contributed by atoms with Crippen molar-refractivity contribution in [1.82, 2.24) is 20.3 Å². The number of carbonyl (C=O) groups excluding carboxylic acids is 1. The minimum Gasteiger partial charge on any atom is -0.494 e. The van der Waals surface area contributed by atoms with Crippen LogP contribution in [-0.2, 0) is 6.54 Å². The Bertz CT molecular complexity index is 963. The fourth-order valence-electron chi connectivity index (χ4n) is 2.90. The number of hydrogen-bond donors (Lipinski definition) is 1. The lowest BCUT2D eigenvalue weighted by Crippen LogP contribution is -2.24. The summed E-state index contributed by atoms with van der Waals surface area (Å²) in [6.45, 7) is 8.78. The van der Waals surface area contributed by atoms with E-state index in [9.17, 15) is 4.79 Å². The molecule has 0 unspecified atom stereocenters. The quantitative estimate of drug-likeness (QED) is 0.727. The van der Waals surface area contributed by atoms with Crippen LogP contribution in [0.2, 0.25) is 0 Å². The van der Waals surface area contributed by atoms with Gasteiger partial charge in [-0.3, -0.25) is 4.79 Å². The predicted octanol–water partition coefficient (Wildman–Crippen LogP) is 3.52. The average Bonchev–Trinajstić information content (AvgIpc) is 3.02. The zero-order valence-electron chi connectivity index (χ0n) is 16.1. The van der Waals surface area contributed by atoms with Crippen molar-refractivity contribution in [1.29, 1.82) is 0 Å². The summed E-state index contributed by atoms with van der Waals surface area (Å²) >= 11 is 0. The number of benzene rings is 2. The van der Waals surface area contributed by atoms with Crippen molar-refractivity contribution in [2.45, 2.75) is 34.2 Å². The summed E-state index contributed by atoms with van der Waals surface area (Å²) in [4.78, 5) is 14.1. The van der Waals surface area contributed by atoms with E-state index < -0.39 is 0 Å². The number of rotatable bonds is 6. The number of ether oxygens (including phenoxy) is 1. The second-order valence-corrected chi connectivity index (χ2v) is 6.48. The molecule has 6 nitrogen and oxygen atoms in total. The Morgan fingerprint density at radius 1 is 1.11 bits per heavy atom. The number of amides is 1. The van der Waals surface area contributed by atoms with Crippen LogP contribution in [0, 0.1) is 20.8 Å². The van der Waals surface area contributed by atoms with Crippen molar-refractivity contribution in [2.75, 3.05) is 6.61 Å². The summed E-state index contributed by atoms with van der Waals surface area (Å²) in [5.74, 6) is 0.548. The third-order valence-electron chi connectivity index (χ3n) is 4.23. The molecule has 0 spiro atoms. The minimum atomic E-state index is -0.245. The zero-order chi connectivity index (χ0) is 19.4. The first kappa shape index (κ1) is 18.6. The highest BCUT2D eigenvalue weighted by atomic mass is 16.5. The van der Waals surface area contributed by atoms with E-state index in [1.54, 1.807) is 6.92 Å². The molecule has 27 heavy (non-hydrogen) atoms. The molecule has 2 aromatic carbocycles. The molecule has 140 valence electrons. The van der Waals surface area contributed by atoms with Crippen LogP contribution in [0.4, 0.5) is 0 Å². The van der Waals surface area contributed by atoms with Gasteiger partial charge in [-0.2, -0.15) is 9.90 Å². The standard InChI is InChI=1S/C21H24N4O2/c1-5-27-18-8-6-7-17(12-18)13-22-21(26)20-16(4)23-25(24-20)19-10-9-14(2)11-15(19)3/h6-12H,5,13H2,1-4H3,(H,22,26). The van der Waals surface area contributed by atoms with Gasteiger partial charge < -0.3 is 10.1 Å². The second-order valence-electron chi connectivity index (χ2n) is 6.48. The minimum absolute atomic E-state index is 0.245. The van der Waals surface area contributed by atoms with Gasteiger partial charge in [0.1, 0.15) is 5.75 Å². The molecule has 6 heteroatoms. The Labute approximate surface area is 159 Å². The van der Waals surface area contributed by atoms with Crippen molar-refractivity contribution >= 4 is 5.91 Å². The van der Waals surface area contributed by atoms with Crippen molar-refractivity contribution in [3.63, 3.8) is 0 Å². The van der Waals surface area contributed by atoms with Gasteiger partial charge >= 0.3 is 0 Å². The first-order chi connectivity index (χ1) is 13.0. The molecule has 1 aromatic heterocycles. The number of hydrogen-bond acceptors (Lipinski definition) is 4. The van der Waals surface area contributed by atoms with Gasteiger partial charge in [-0.05, 0) is 57.0 Å². The maximum Gasteiger partial charge on any atom is 0.274 e. The van der Waals surface area contributed by atoms with E-state index in [0.29, 0.717) is 24.5 Å². The van der Waals surface area contributed by atoms with Crippen LogP contribution in [0.3, 0.4) is 0 Å². The molecule has 3 rings (SSSR count). The molecular weight excluding hydrogens is 340 g/mol. The van der Waals surface area contributed by atoms with Crippen LogP contribution in [0.25, 0.3) is 5.69 Å². The van der Waals surface area contributed by atoms with Crippen LogP contribution in [0.5, 0.6) is 5.75 Å². The molecule has 0 fully saturated rings. The number of aryl methyl sites for hydroxylation is 3. The highest BCUT2D eigenvalue weighted by Gasteiger charge is 2.17. The molecule has 1 amide bonds. The lowest BCUT2D eigenvalue weighted by molar-refractivity contribution is 0.0945. The molecule has 0 radical (unpaired) electrons. The largest absolute Gasteiger partial charge is 0.494 e. The molecule has 0 aliphatic carbocycles. The molecule has 0 saturated carbocycles. The topological polar surface area (TPSA) is 69.0 Å². The first-order valence-corrected chi connectivity index (χ1v) is 8.99. The van der Waals surface area contributed by atoms with E-state index in [1.165, 1.54) is 10.4 Å². The summed E-state index contributed by atoms with van der Waals surface area (Å²) < 4.78 is 5.49. The first-order valence-electron chi connectivity index (χ1n) is 8.99. The average molecular weight is 364 g/mol. The zero-order valence-corrected chi connectivity index (χ0v) is 16.1. The Hall–Kier alpha value is -3.15. The Morgan fingerprint density at radius 2 is 1.93 bits per heavy atom. The molecule has 1 heterocycles. The van der Waals surface area contributed by atoms with Crippen molar-refractivity contribution in [2.24, 2.45) is 0 Å². The summed E-state index contributed by atoms with van der Waals surface area (Å²) in [5.41, 5.74) is 4.99. The fourth-order valence-corrected chi connectivity index (χ4v) is 2.90. The van der Waals surface area contributed by atoms with Gasteiger partial charge in [0.2, 0.25) is 0 Å². The van der Waals surface area contributed by atoms with Gasteiger partial charge in [-0.25, -0.2) is 0 Å². The molecule has 0 atom stereocenters. The molecule has 0 bridgehead atoms. The predicted molar refractivity (Wildman–Crippen MR) is 104 cm³/mol. The number of nitrogens with one attached hydrogen (secondary N) is 1. The Kier molecular flexibility index (Phi) is 5.54. The van der Waals surface area contributed by atoms with Gasteiger partial charge in [0.25, 0.3) is 5.91 Å². The second kappa shape index (κ2) is 8.03. The summed E-state index contributed by atoms with van der Waals surface area (Å²) in [6.07, 6.45) is 0. The summed E-state index contributed by atoms with van der Waals surface area (Å²) in [7, 11) is 0. The number of nitrogens with zero attached hydrogens (tertiary/aromatic N) is 3. The molecule has 0 aliphatic heterocycles. The van der Waals surface area contributed by atoms with Gasteiger partial charge in [-0.15, -0.1) is 5.10 Å². The van der Waals surface area contributed by atoms with E-state index >= 15 is 0 Å². The van der Waals surface area contributed by atoms with Gasteiger partial charge in [0, 0.05) is 6.54 Å².